The van der Waals surface area contributed by atoms with Crippen LogP contribution in [0.1, 0.15) is 12.2 Å². The molecule has 1 aliphatic rings. The van der Waals surface area contributed by atoms with Gasteiger partial charge in [-0.05, 0) is 42.8 Å². The van der Waals surface area contributed by atoms with Gasteiger partial charge in [0.15, 0.2) is 0 Å². The quantitative estimate of drug-likeness (QED) is 0.560. The monoisotopic (exact) mass is 381 g/mol. The second kappa shape index (κ2) is 9.08. The fourth-order valence-corrected chi connectivity index (χ4v) is 3.54. The Balaban J connectivity index is 1.40. The molecule has 2 aromatic carbocycles. The summed E-state index contributed by atoms with van der Waals surface area (Å²) in [5.41, 5.74) is 2.25. The molecular weight excluding hydrogens is 354 g/mol. The number of aryl methyl sites for hydroxylation is 1. The van der Waals surface area contributed by atoms with Gasteiger partial charge < -0.3 is 18.8 Å². The van der Waals surface area contributed by atoms with Crippen molar-refractivity contribution in [1.82, 2.24) is 14.5 Å². The number of morpholine rings is 1. The van der Waals surface area contributed by atoms with E-state index in [4.69, 9.17) is 19.2 Å². The molecule has 0 aliphatic carbocycles. The van der Waals surface area contributed by atoms with Gasteiger partial charge in [0.1, 0.15) is 17.3 Å². The molecule has 1 fully saturated rings. The summed E-state index contributed by atoms with van der Waals surface area (Å²) in [6.45, 7) is 5.93. The van der Waals surface area contributed by atoms with Gasteiger partial charge in [0, 0.05) is 19.6 Å². The molecule has 1 aliphatic heterocycles. The van der Waals surface area contributed by atoms with Crippen LogP contribution in [0.5, 0.6) is 11.5 Å². The van der Waals surface area contributed by atoms with E-state index in [-0.39, 0.29) is 0 Å². The average molecular weight is 381 g/mol. The molecule has 0 amide bonds. The van der Waals surface area contributed by atoms with Crippen LogP contribution in [0.3, 0.4) is 0 Å². The topological polar surface area (TPSA) is 48.8 Å². The Kier molecular flexibility index (Phi) is 6.09. The molecular formula is C22H27N3O3. The van der Waals surface area contributed by atoms with Crippen LogP contribution in [0.2, 0.25) is 0 Å². The van der Waals surface area contributed by atoms with Gasteiger partial charge in [0.2, 0.25) is 0 Å². The molecule has 0 bridgehead atoms. The highest BCUT2D eigenvalue weighted by Gasteiger charge is 2.16. The Morgan fingerprint density at radius 2 is 1.75 bits per heavy atom. The summed E-state index contributed by atoms with van der Waals surface area (Å²) in [6, 6.07) is 16.1. The third-order valence-corrected chi connectivity index (χ3v) is 5.06. The van der Waals surface area contributed by atoms with E-state index >= 15 is 0 Å². The Bertz CT molecular complexity index is 886. The summed E-state index contributed by atoms with van der Waals surface area (Å²) < 4.78 is 18.9. The van der Waals surface area contributed by atoms with E-state index in [1.54, 1.807) is 7.11 Å². The van der Waals surface area contributed by atoms with E-state index < -0.39 is 0 Å². The first-order chi connectivity index (χ1) is 13.8. The first-order valence-corrected chi connectivity index (χ1v) is 9.84. The first kappa shape index (κ1) is 18.8. The lowest BCUT2D eigenvalue weighted by Crippen LogP contribution is -2.36. The standard InChI is InChI=1S/C22H27N3O3/c1-26-18-7-9-19(10-8-18)28-14-4-11-25-21-6-3-2-5-20(21)23-22(25)17-24-12-15-27-16-13-24/h2-3,5-10H,4,11-17H2,1H3. The summed E-state index contributed by atoms with van der Waals surface area (Å²) in [4.78, 5) is 7.30. The van der Waals surface area contributed by atoms with E-state index in [0.29, 0.717) is 6.61 Å². The van der Waals surface area contributed by atoms with Gasteiger partial charge >= 0.3 is 0 Å². The maximum absolute atomic E-state index is 5.89. The van der Waals surface area contributed by atoms with Gasteiger partial charge in [0.25, 0.3) is 0 Å². The molecule has 0 N–H and O–H groups in total. The van der Waals surface area contributed by atoms with Crippen LogP contribution in [0.4, 0.5) is 0 Å². The normalized spacial score (nSPS) is 15.0. The number of ether oxygens (including phenoxy) is 3. The molecule has 2 heterocycles. The van der Waals surface area contributed by atoms with Crippen LogP contribution in [0.25, 0.3) is 11.0 Å². The minimum Gasteiger partial charge on any atom is -0.497 e. The van der Waals surface area contributed by atoms with Crippen LogP contribution >= 0.6 is 0 Å². The van der Waals surface area contributed by atoms with Gasteiger partial charge in [-0.3, -0.25) is 4.90 Å². The Labute approximate surface area is 165 Å². The van der Waals surface area contributed by atoms with E-state index in [0.717, 1.165) is 68.7 Å². The number of rotatable bonds is 8. The molecule has 4 rings (SSSR count). The lowest BCUT2D eigenvalue weighted by molar-refractivity contribution is 0.0326. The zero-order valence-corrected chi connectivity index (χ0v) is 16.3. The summed E-state index contributed by atoms with van der Waals surface area (Å²) in [7, 11) is 1.67. The molecule has 0 saturated carbocycles. The molecule has 0 atom stereocenters. The van der Waals surface area contributed by atoms with Crippen LogP contribution in [0.15, 0.2) is 48.5 Å². The fraction of sp³-hybridized carbons (Fsp3) is 0.409. The minimum absolute atomic E-state index is 0.663. The molecule has 3 aromatic rings. The molecule has 0 unspecified atom stereocenters. The van der Waals surface area contributed by atoms with Gasteiger partial charge in [-0.25, -0.2) is 4.98 Å². The third kappa shape index (κ3) is 4.46. The van der Waals surface area contributed by atoms with E-state index in [2.05, 4.69) is 27.7 Å². The van der Waals surface area contributed by atoms with Crippen molar-refractivity contribution < 1.29 is 14.2 Å². The average Bonchev–Trinajstić information content (AvgIpc) is 3.09. The molecule has 28 heavy (non-hydrogen) atoms. The Morgan fingerprint density at radius 1 is 1.00 bits per heavy atom. The predicted octanol–water partition coefficient (Wildman–Crippen LogP) is 3.35. The lowest BCUT2D eigenvalue weighted by Gasteiger charge is -2.26. The van der Waals surface area contributed by atoms with E-state index in [1.807, 2.05) is 30.3 Å². The molecule has 0 spiro atoms. The van der Waals surface area contributed by atoms with Gasteiger partial charge in [-0.1, -0.05) is 12.1 Å². The number of methoxy groups -OCH3 is 1. The largest absolute Gasteiger partial charge is 0.497 e. The lowest BCUT2D eigenvalue weighted by atomic mass is 10.3. The van der Waals surface area contributed by atoms with Crippen LogP contribution in [-0.4, -0.2) is 54.5 Å². The SMILES string of the molecule is COc1ccc(OCCCn2c(CN3CCOCC3)nc3ccccc32)cc1. The van der Waals surface area contributed by atoms with Crippen LogP contribution in [-0.2, 0) is 17.8 Å². The van der Waals surface area contributed by atoms with E-state index in [9.17, 15) is 0 Å². The smallest absolute Gasteiger partial charge is 0.124 e. The van der Waals surface area contributed by atoms with Crippen molar-refractivity contribution in [1.29, 1.82) is 0 Å². The Hall–Kier alpha value is -2.57. The highest BCUT2D eigenvalue weighted by atomic mass is 16.5. The summed E-state index contributed by atoms with van der Waals surface area (Å²) in [5.74, 6) is 2.82. The second-order valence-electron chi connectivity index (χ2n) is 6.93. The van der Waals surface area contributed by atoms with Gasteiger partial charge in [0.05, 0.1) is 44.5 Å². The number of aromatic nitrogens is 2. The first-order valence-electron chi connectivity index (χ1n) is 9.84. The highest BCUT2D eigenvalue weighted by Crippen LogP contribution is 2.20. The number of benzene rings is 2. The molecule has 1 saturated heterocycles. The number of para-hydroxylation sites is 2. The van der Waals surface area contributed by atoms with Crippen molar-refractivity contribution in [3.63, 3.8) is 0 Å². The number of hydrogen-bond donors (Lipinski definition) is 0. The van der Waals surface area contributed by atoms with Crippen molar-refractivity contribution >= 4 is 11.0 Å². The van der Waals surface area contributed by atoms with Crippen LogP contribution in [0, 0.1) is 0 Å². The number of hydrogen-bond acceptors (Lipinski definition) is 5. The van der Waals surface area contributed by atoms with Crippen molar-refractivity contribution in [2.75, 3.05) is 40.0 Å². The van der Waals surface area contributed by atoms with Crippen molar-refractivity contribution in [2.24, 2.45) is 0 Å². The fourth-order valence-electron chi connectivity index (χ4n) is 3.54. The highest BCUT2D eigenvalue weighted by molar-refractivity contribution is 5.75. The van der Waals surface area contributed by atoms with Crippen molar-refractivity contribution in [3.05, 3.63) is 54.4 Å². The van der Waals surface area contributed by atoms with E-state index in [1.165, 1.54) is 5.52 Å². The molecule has 1 aromatic heterocycles. The maximum Gasteiger partial charge on any atom is 0.124 e. The molecule has 148 valence electrons. The number of fused-ring (bicyclic) bond motifs is 1. The van der Waals surface area contributed by atoms with Crippen molar-refractivity contribution in [2.45, 2.75) is 19.5 Å². The van der Waals surface area contributed by atoms with Gasteiger partial charge in [-0.2, -0.15) is 0 Å². The zero-order chi connectivity index (χ0) is 19.2. The third-order valence-electron chi connectivity index (χ3n) is 5.06. The number of imidazole rings is 1. The number of nitrogens with zero attached hydrogens (tertiary/aromatic N) is 3. The summed E-state index contributed by atoms with van der Waals surface area (Å²) in [5, 5.41) is 0. The summed E-state index contributed by atoms with van der Waals surface area (Å²) >= 11 is 0. The molecule has 0 radical (unpaired) electrons. The van der Waals surface area contributed by atoms with Crippen molar-refractivity contribution in [3.8, 4) is 11.5 Å². The van der Waals surface area contributed by atoms with Gasteiger partial charge in [-0.15, -0.1) is 0 Å². The Morgan fingerprint density at radius 3 is 2.54 bits per heavy atom. The molecule has 6 heteroatoms. The summed E-state index contributed by atoms with van der Waals surface area (Å²) in [6.07, 6.45) is 0.919. The molecule has 6 nitrogen and oxygen atoms in total. The van der Waals surface area contributed by atoms with Crippen LogP contribution < -0.4 is 9.47 Å². The maximum atomic E-state index is 5.89. The predicted molar refractivity (Wildman–Crippen MR) is 109 cm³/mol. The minimum atomic E-state index is 0.663. The second-order valence-corrected chi connectivity index (χ2v) is 6.93. The zero-order valence-electron chi connectivity index (χ0n) is 16.3.